The second-order valence-electron chi connectivity index (χ2n) is 4.00. The summed E-state index contributed by atoms with van der Waals surface area (Å²) < 4.78 is 26.4. The summed E-state index contributed by atoms with van der Waals surface area (Å²) in [6.07, 6.45) is 0. The maximum atomic E-state index is 11.9. The van der Waals surface area contributed by atoms with Crippen molar-refractivity contribution in [1.82, 2.24) is 10.0 Å². The fraction of sp³-hybridized carbons (Fsp3) is 0.636. The number of rotatable bonds is 7. The molecule has 0 saturated heterocycles. The molecule has 0 bridgehead atoms. The van der Waals surface area contributed by atoms with Crippen LogP contribution in [0.1, 0.15) is 23.6 Å². The normalized spacial score (nSPS) is 13.8. The Bertz CT molecular complexity index is 440. The first kappa shape index (κ1) is 14.6. The zero-order chi connectivity index (χ0) is 12.9. The van der Waals surface area contributed by atoms with Gasteiger partial charge >= 0.3 is 0 Å². The molecule has 1 atom stereocenters. The lowest BCUT2D eigenvalue weighted by molar-refractivity contribution is 0.560. The zero-order valence-corrected chi connectivity index (χ0v) is 12.1. The summed E-state index contributed by atoms with van der Waals surface area (Å²) in [5, 5.41) is 2.63. The summed E-state index contributed by atoms with van der Waals surface area (Å²) in [5.74, 6) is 0. The molecule has 1 rings (SSSR count). The molecule has 2 N–H and O–H groups in total. The predicted molar refractivity (Wildman–Crippen MR) is 72.8 cm³/mol. The van der Waals surface area contributed by atoms with Crippen molar-refractivity contribution in [2.75, 3.05) is 13.1 Å². The average Bonchev–Trinajstić information content (AvgIpc) is 2.69. The van der Waals surface area contributed by atoms with E-state index in [0.717, 1.165) is 11.4 Å². The Morgan fingerprint density at radius 1 is 1.41 bits per heavy atom. The number of thiophene rings is 1. The number of sulfonamides is 1. The lowest BCUT2D eigenvalue weighted by Crippen LogP contribution is -2.38. The van der Waals surface area contributed by atoms with Crippen molar-refractivity contribution in [2.24, 2.45) is 0 Å². The van der Waals surface area contributed by atoms with Crippen LogP contribution >= 0.6 is 11.3 Å². The van der Waals surface area contributed by atoms with Gasteiger partial charge in [0.1, 0.15) is 0 Å². The van der Waals surface area contributed by atoms with Gasteiger partial charge in [0.2, 0.25) is 10.0 Å². The van der Waals surface area contributed by atoms with Crippen LogP contribution in [0, 0.1) is 6.92 Å². The smallest absolute Gasteiger partial charge is 0.215 e. The van der Waals surface area contributed by atoms with Gasteiger partial charge in [-0.05, 0) is 32.5 Å². The number of nitrogens with one attached hydrogen (secondary N) is 2. The minimum atomic E-state index is -3.23. The molecule has 98 valence electrons. The second-order valence-corrected chi connectivity index (χ2v) is 7.55. The van der Waals surface area contributed by atoms with Gasteiger partial charge in [-0.25, -0.2) is 13.1 Å². The molecule has 1 aromatic rings. The van der Waals surface area contributed by atoms with E-state index in [1.165, 1.54) is 4.88 Å². The van der Waals surface area contributed by atoms with Crippen molar-refractivity contribution in [1.29, 1.82) is 0 Å². The molecule has 4 nitrogen and oxygen atoms in total. The van der Waals surface area contributed by atoms with Gasteiger partial charge < -0.3 is 5.32 Å². The number of hydrogen-bond acceptors (Lipinski definition) is 4. The first-order valence-corrected chi connectivity index (χ1v) is 8.06. The monoisotopic (exact) mass is 276 g/mol. The van der Waals surface area contributed by atoms with Gasteiger partial charge in [0.05, 0.1) is 5.25 Å². The van der Waals surface area contributed by atoms with Gasteiger partial charge in [-0.2, -0.15) is 0 Å². The van der Waals surface area contributed by atoms with E-state index in [0.29, 0.717) is 13.1 Å². The molecule has 0 aromatic carbocycles. The largest absolute Gasteiger partial charge is 0.316 e. The van der Waals surface area contributed by atoms with E-state index in [4.69, 9.17) is 0 Å². The molecular weight excluding hydrogens is 256 g/mol. The maximum Gasteiger partial charge on any atom is 0.215 e. The topological polar surface area (TPSA) is 58.2 Å². The molecule has 0 saturated carbocycles. The summed E-state index contributed by atoms with van der Waals surface area (Å²) in [7, 11) is -3.23. The quantitative estimate of drug-likeness (QED) is 0.793. The summed E-state index contributed by atoms with van der Waals surface area (Å²) in [6, 6.07) is 3.95. The Labute approximate surface area is 107 Å². The van der Waals surface area contributed by atoms with Crippen LogP contribution in [-0.2, 0) is 16.6 Å². The SMILES string of the molecule is CCNCC(C)S(=O)(=O)NCc1ccc(C)s1. The van der Waals surface area contributed by atoms with Crippen LogP contribution < -0.4 is 10.0 Å². The van der Waals surface area contributed by atoms with Crippen LogP contribution in [0.4, 0.5) is 0 Å². The van der Waals surface area contributed by atoms with Crippen molar-refractivity contribution in [2.45, 2.75) is 32.6 Å². The first-order valence-electron chi connectivity index (χ1n) is 5.70. The van der Waals surface area contributed by atoms with Crippen LogP contribution in [0.25, 0.3) is 0 Å². The predicted octanol–water partition coefficient (Wildman–Crippen LogP) is 1.47. The molecule has 0 aliphatic heterocycles. The molecule has 0 aliphatic carbocycles. The third kappa shape index (κ3) is 4.75. The molecule has 0 fully saturated rings. The fourth-order valence-corrected chi connectivity index (χ4v) is 3.25. The lowest BCUT2D eigenvalue weighted by atomic mass is 10.4. The van der Waals surface area contributed by atoms with Gasteiger partial charge in [0.25, 0.3) is 0 Å². The molecular formula is C11H20N2O2S2. The molecule has 0 amide bonds. The highest BCUT2D eigenvalue weighted by Gasteiger charge is 2.19. The molecule has 6 heteroatoms. The summed E-state index contributed by atoms with van der Waals surface area (Å²) in [6.45, 7) is 7.33. The van der Waals surface area contributed by atoms with E-state index < -0.39 is 15.3 Å². The third-order valence-electron chi connectivity index (χ3n) is 2.46. The Morgan fingerprint density at radius 3 is 2.65 bits per heavy atom. The second kappa shape index (κ2) is 6.49. The molecule has 0 aliphatic rings. The van der Waals surface area contributed by atoms with Crippen LogP contribution in [0.3, 0.4) is 0 Å². The molecule has 1 unspecified atom stereocenters. The van der Waals surface area contributed by atoms with Crippen LogP contribution in [-0.4, -0.2) is 26.8 Å². The molecule has 0 radical (unpaired) electrons. The molecule has 1 heterocycles. The Kier molecular flexibility index (Phi) is 5.58. The third-order valence-corrected chi connectivity index (χ3v) is 5.23. The van der Waals surface area contributed by atoms with Crippen molar-refractivity contribution in [3.8, 4) is 0 Å². The van der Waals surface area contributed by atoms with Crippen molar-refractivity contribution < 1.29 is 8.42 Å². The van der Waals surface area contributed by atoms with E-state index in [1.807, 2.05) is 26.0 Å². The van der Waals surface area contributed by atoms with Gasteiger partial charge in [-0.3, -0.25) is 0 Å². The number of hydrogen-bond donors (Lipinski definition) is 2. The zero-order valence-electron chi connectivity index (χ0n) is 10.5. The first-order chi connectivity index (χ1) is 7.95. The summed E-state index contributed by atoms with van der Waals surface area (Å²) in [5.41, 5.74) is 0. The van der Waals surface area contributed by atoms with Gasteiger partial charge in [-0.15, -0.1) is 11.3 Å². The van der Waals surface area contributed by atoms with Crippen LogP contribution in [0.15, 0.2) is 12.1 Å². The van der Waals surface area contributed by atoms with Crippen LogP contribution in [0.5, 0.6) is 0 Å². The van der Waals surface area contributed by atoms with Gasteiger partial charge in [0.15, 0.2) is 0 Å². The average molecular weight is 276 g/mol. The van der Waals surface area contributed by atoms with Gasteiger partial charge in [0, 0.05) is 22.8 Å². The van der Waals surface area contributed by atoms with E-state index >= 15 is 0 Å². The van der Waals surface area contributed by atoms with Crippen molar-refractivity contribution in [3.63, 3.8) is 0 Å². The lowest BCUT2D eigenvalue weighted by Gasteiger charge is -2.13. The maximum absolute atomic E-state index is 11.9. The fourth-order valence-electron chi connectivity index (χ4n) is 1.35. The highest BCUT2D eigenvalue weighted by atomic mass is 32.2. The highest BCUT2D eigenvalue weighted by Crippen LogP contribution is 2.15. The minimum absolute atomic E-state index is 0.386. The van der Waals surface area contributed by atoms with Gasteiger partial charge in [-0.1, -0.05) is 6.92 Å². The molecule has 1 aromatic heterocycles. The van der Waals surface area contributed by atoms with E-state index in [-0.39, 0.29) is 0 Å². The minimum Gasteiger partial charge on any atom is -0.316 e. The van der Waals surface area contributed by atoms with Crippen molar-refractivity contribution >= 4 is 21.4 Å². The molecule has 17 heavy (non-hydrogen) atoms. The van der Waals surface area contributed by atoms with Crippen LogP contribution in [0.2, 0.25) is 0 Å². The Hall–Kier alpha value is -0.430. The highest BCUT2D eigenvalue weighted by molar-refractivity contribution is 7.90. The standard InChI is InChI=1S/C11H20N2O2S2/c1-4-12-7-10(3)17(14,15)13-8-11-6-5-9(2)16-11/h5-6,10,12-13H,4,7-8H2,1-3H3. The van der Waals surface area contributed by atoms with E-state index in [2.05, 4.69) is 10.0 Å². The van der Waals surface area contributed by atoms with E-state index in [9.17, 15) is 8.42 Å². The molecule has 0 spiro atoms. The summed E-state index contributed by atoms with van der Waals surface area (Å²) in [4.78, 5) is 2.24. The summed E-state index contributed by atoms with van der Waals surface area (Å²) >= 11 is 1.62. The van der Waals surface area contributed by atoms with E-state index in [1.54, 1.807) is 18.3 Å². The van der Waals surface area contributed by atoms with Crippen molar-refractivity contribution in [3.05, 3.63) is 21.9 Å². The Morgan fingerprint density at radius 2 is 2.12 bits per heavy atom. The Balaban J connectivity index is 2.49. The number of aryl methyl sites for hydroxylation is 1.